The molecule has 0 radical (unpaired) electrons. The minimum Gasteiger partial charge on any atom is -0.368 e. The number of fused-ring (bicyclic) bond motifs is 3. The maximum Gasteiger partial charge on any atom is 0.224 e. The molecule has 5 heteroatoms. The summed E-state index contributed by atoms with van der Waals surface area (Å²) < 4.78 is 2.27. The van der Waals surface area contributed by atoms with Crippen molar-refractivity contribution >= 4 is 27.8 Å². The van der Waals surface area contributed by atoms with Crippen molar-refractivity contribution in [1.29, 1.82) is 0 Å². The lowest BCUT2D eigenvalue weighted by Crippen LogP contribution is -2.02. The first kappa shape index (κ1) is 18.3. The van der Waals surface area contributed by atoms with Crippen LogP contribution in [0.25, 0.3) is 50.3 Å². The Morgan fingerprint density at radius 3 is 1.94 bits per heavy atom. The van der Waals surface area contributed by atoms with Crippen LogP contribution in [-0.4, -0.2) is 19.5 Å². The Labute approximate surface area is 184 Å². The molecule has 0 aliphatic heterocycles. The lowest BCUT2D eigenvalue weighted by Gasteiger charge is -2.09. The third-order valence-electron chi connectivity index (χ3n) is 5.63. The third kappa shape index (κ3) is 2.99. The molecule has 0 saturated carbocycles. The second-order valence-corrected chi connectivity index (χ2v) is 7.63. The van der Waals surface area contributed by atoms with E-state index in [1.807, 2.05) is 42.5 Å². The molecule has 0 saturated heterocycles. The summed E-state index contributed by atoms with van der Waals surface area (Å²) in [5.41, 5.74) is 11.2. The van der Waals surface area contributed by atoms with E-state index in [4.69, 9.17) is 10.7 Å². The summed E-state index contributed by atoms with van der Waals surface area (Å²) in [6.45, 7) is 0. The molecular weight excluding hydrogens is 394 g/mol. The van der Waals surface area contributed by atoms with Crippen LogP contribution in [0.4, 0.5) is 5.95 Å². The number of nitrogens with two attached hydrogens (primary N) is 1. The predicted molar refractivity (Wildman–Crippen MR) is 129 cm³/mol. The van der Waals surface area contributed by atoms with Crippen LogP contribution in [0.15, 0.2) is 103 Å². The molecule has 0 bridgehead atoms. The van der Waals surface area contributed by atoms with Gasteiger partial charge in [-0.25, -0.2) is 4.98 Å². The standard InChI is InChI=1S/C27H19N5/c28-27-30-25(18-9-3-1-4-10-18)29-26(31-27)19-15-16-22-21-13-7-8-14-23(21)32(24(22)17-19)20-11-5-2-6-12-20/h1-17H,(H2,28,29,30,31). The molecule has 2 N–H and O–H groups in total. The maximum absolute atomic E-state index is 6.06. The van der Waals surface area contributed by atoms with Gasteiger partial charge in [0.1, 0.15) is 0 Å². The number of aromatic nitrogens is 4. The zero-order chi connectivity index (χ0) is 21.5. The number of rotatable bonds is 3. The fourth-order valence-electron chi connectivity index (χ4n) is 4.20. The maximum atomic E-state index is 6.06. The van der Waals surface area contributed by atoms with E-state index in [1.54, 1.807) is 0 Å². The fraction of sp³-hybridized carbons (Fsp3) is 0. The van der Waals surface area contributed by atoms with Gasteiger partial charge in [0.05, 0.1) is 11.0 Å². The van der Waals surface area contributed by atoms with Crippen molar-refractivity contribution in [1.82, 2.24) is 19.5 Å². The van der Waals surface area contributed by atoms with Crippen LogP contribution in [0.3, 0.4) is 0 Å². The molecule has 0 spiro atoms. The Morgan fingerprint density at radius 2 is 1.16 bits per heavy atom. The SMILES string of the molecule is Nc1nc(-c2ccccc2)nc(-c2ccc3c4ccccc4n(-c4ccccc4)c3c2)n1. The predicted octanol–water partition coefficient (Wildman–Crippen LogP) is 5.88. The molecule has 0 aliphatic rings. The lowest BCUT2D eigenvalue weighted by molar-refractivity contribution is 1.08. The van der Waals surface area contributed by atoms with Crippen molar-refractivity contribution in [3.8, 4) is 28.5 Å². The average Bonchev–Trinajstić information content (AvgIpc) is 3.18. The van der Waals surface area contributed by atoms with Gasteiger partial charge in [0.2, 0.25) is 5.95 Å². The first-order valence-electron chi connectivity index (χ1n) is 10.4. The number of hydrogen-bond donors (Lipinski definition) is 1. The highest BCUT2D eigenvalue weighted by atomic mass is 15.1. The Kier molecular flexibility index (Phi) is 4.18. The van der Waals surface area contributed by atoms with Crippen molar-refractivity contribution in [3.63, 3.8) is 0 Å². The molecule has 2 aromatic heterocycles. The number of hydrogen-bond acceptors (Lipinski definition) is 4. The van der Waals surface area contributed by atoms with Gasteiger partial charge in [-0.05, 0) is 24.3 Å². The van der Waals surface area contributed by atoms with Gasteiger partial charge in [-0.15, -0.1) is 0 Å². The van der Waals surface area contributed by atoms with Gasteiger partial charge in [0.15, 0.2) is 11.6 Å². The second-order valence-electron chi connectivity index (χ2n) is 7.63. The van der Waals surface area contributed by atoms with E-state index in [-0.39, 0.29) is 5.95 Å². The fourth-order valence-corrected chi connectivity index (χ4v) is 4.20. The minimum atomic E-state index is 0.206. The topological polar surface area (TPSA) is 69.6 Å². The van der Waals surface area contributed by atoms with Gasteiger partial charge < -0.3 is 10.3 Å². The first-order chi connectivity index (χ1) is 15.8. The third-order valence-corrected chi connectivity index (χ3v) is 5.63. The second kappa shape index (κ2) is 7.32. The van der Waals surface area contributed by atoms with E-state index in [0.717, 1.165) is 27.8 Å². The van der Waals surface area contributed by atoms with Gasteiger partial charge in [-0.2, -0.15) is 9.97 Å². The number of nitrogens with zero attached hydrogens (tertiary/aromatic N) is 4. The average molecular weight is 413 g/mol. The Hall–Kier alpha value is -4.51. The molecule has 5 nitrogen and oxygen atoms in total. The van der Waals surface area contributed by atoms with Crippen molar-refractivity contribution in [2.75, 3.05) is 5.73 Å². The molecule has 32 heavy (non-hydrogen) atoms. The Bertz CT molecular complexity index is 1570. The van der Waals surface area contributed by atoms with Gasteiger partial charge >= 0.3 is 0 Å². The van der Waals surface area contributed by atoms with Crippen LogP contribution >= 0.6 is 0 Å². The van der Waals surface area contributed by atoms with Gasteiger partial charge in [-0.1, -0.05) is 78.9 Å². The van der Waals surface area contributed by atoms with Gasteiger partial charge in [0, 0.05) is 27.6 Å². The summed E-state index contributed by atoms with van der Waals surface area (Å²) in [6, 6.07) is 35.0. The van der Waals surface area contributed by atoms with Gasteiger partial charge in [-0.3, -0.25) is 0 Å². The minimum absolute atomic E-state index is 0.206. The van der Waals surface area contributed by atoms with Crippen LogP contribution in [0.1, 0.15) is 0 Å². The summed E-state index contributed by atoms with van der Waals surface area (Å²) >= 11 is 0. The molecule has 2 heterocycles. The van der Waals surface area contributed by atoms with Crippen molar-refractivity contribution in [2.45, 2.75) is 0 Å². The Morgan fingerprint density at radius 1 is 0.531 bits per heavy atom. The number of para-hydroxylation sites is 2. The van der Waals surface area contributed by atoms with Gasteiger partial charge in [0.25, 0.3) is 0 Å². The van der Waals surface area contributed by atoms with E-state index < -0.39 is 0 Å². The van der Waals surface area contributed by atoms with Crippen molar-refractivity contribution < 1.29 is 0 Å². The largest absolute Gasteiger partial charge is 0.368 e. The smallest absolute Gasteiger partial charge is 0.224 e. The highest BCUT2D eigenvalue weighted by molar-refractivity contribution is 6.10. The number of nitrogen functional groups attached to an aromatic ring is 1. The molecular formula is C27H19N5. The molecule has 0 amide bonds. The van der Waals surface area contributed by atoms with Crippen LogP contribution in [0.5, 0.6) is 0 Å². The monoisotopic (exact) mass is 413 g/mol. The summed E-state index contributed by atoms with van der Waals surface area (Å²) in [4.78, 5) is 13.5. The molecule has 4 aromatic carbocycles. The first-order valence-corrected chi connectivity index (χ1v) is 10.4. The molecule has 0 fully saturated rings. The normalized spacial score (nSPS) is 11.2. The molecule has 0 atom stereocenters. The van der Waals surface area contributed by atoms with Crippen molar-refractivity contribution in [2.24, 2.45) is 0 Å². The highest BCUT2D eigenvalue weighted by Crippen LogP contribution is 2.34. The molecule has 0 unspecified atom stereocenters. The van der Waals surface area contributed by atoms with E-state index in [0.29, 0.717) is 11.6 Å². The van der Waals surface area contributed by atoms with E-state index >= 15 is 0 Å². The quantitative estimate of drug-likeness (QED) is 0.393. The Balaban J connectivity index is 1.60. The highest BCUT2D eigenvalue weighted by Gasteiger charge is 2.15. The van der Waals surface area contributed by atoms with Crippen LogP contribution < -0.4 is 5.73 Å². The zero-order valence-electron chi connectivity index (χ0n) is 17.2. The molecule has 6 aromatic rings. The summed E-state index contributed by atoms with van der Waals surface area (Å²) in [5.74, 6) is 1.33. The zero-order valence-corrected chi connectivity index (χ0v) is 17.2. The van der Waals surface area contributed by atoms with Crippen LogP contribution in [0, 0.1) is 0 Å². The van der Waals surface area contributed by atoms with E-state index in [9.17, 15) is 0 Å². The number of anilines is 1. The van der Waals surface area contributed by atoms with E-state index in [1.165, 1.54) is 10.8 Å². The molecule has 6 rings (SSSR count). The molecule has 152 valence electrons. The molecule has 0 aliphatic carbocycles. The van der Waals surface area contributed by atoms with Crippen LogP contribution in [-0.2, 0) is 0 Å². The summed E-state index contributed by atoms with van der Waals surface area (Å²) in [7, 11) is 0. The van der Waals surface area contributed by atoms with Crippen LogP contribution in [0.2, 0.25) is 0 Å². The summed E-state index contributed by atoms with van der Waals surface area (Å²) in [5, 5.41) is 2.39. The lowest BCUT2D eigenvalue weighted by atomic mass is 10.1. The number of benzene rings is 4. The summed E-state index contributed by atoms with van der Waals surface area (Å²) in [6.07, 6.45) is 0. The van der Waals surface area contributed by atoms with E-state index in [2.05, 4.69) is 75.2 Å². The van der Waals surface area contributed by atoms with Crippen molar-refractivity contribution in [3.05, 3.63) is 103 Å².